The molecule has 0 saturated carbocycles. The molecule has 0 radical (unpaired) electrons. The number of aliphatic hydroxyl groups is 1. The molecule has 150 valence electrons. The molecule has 0 saturated heterocycles. The summed E-state index contributed by atoms with van der Waals surface area (Å²) in [7, 11) is 3.60. The predicted molar refractivity (Wildman–Crippen MR) is 95.0 cm³/mol. The van der Waals surface area contributed by atoms with Gasteiger partial charge in [0.15, 0.2) is 12.2 Å². The summed E-state index contributed by atoms with van der Waals surface area (Å²) in [6, 6.07) is 6.56. The van der Waals surface area contributed by atoms with Crippen LogP contribution in [0.5, 0.6) is 5.75 Å². The lowest BCUT2D eigenvalue weighted by molar-refractivity contribution is -0.184. The van der Waals surface area contributed by atoms with Gasteiger partial charge in [-0.1, -0.05) is 26.0 Å². The second-order valence-electron chi connectivity index (χ2n) is 6.26. The molecule has 2 unspecified atom stereocenters. The molecule has 0 fully saturated rings. The van der Waals surface area contributed by atoms with Crippen LogP contribution in [0.1, 0.15) is 19.4 Å². The molecule has 8 heteroatoms. The summed E-state index contributed by atoms with van der Waals surface area (Å²) in [6.07, 6.45) is 0.0493. The largest absolute Gasteiger partial charge is 0.482 e. The maximum absolute atomic E-state index is 12.3. The Kier molecular flexibility index (Phi) is 8.24. The van der Waals surface area contributed by atoms with Gasteiger partial charge in [-0.3, -0.25) is 4.79 Å². The van der Waals surface area contributed by atoms with Gasteiger partial charge in [-0.2, -0.15) is 0 Å². The normalized spacial score (nSPS) is 14.0. The molecule has 2 atom stereocenters. The molecule has 0 aliphatic rings. The van der Waals surface area contributed by atoms with Crippen LogP contribution in [0.4, 0.5) is 0 Å². The smallest absolute Gasteiger partial charge is 0.343 e. The summed E-state index contributed by atoms with van der Waals surface area (Å²) in [5.41, 5.74) is -1.37. The Morgan fingerprint density at radius 3 is 2.04 bits per heavy atom. The van der Waals surface area contributed by atoms with Crippen LogP contribution in [0.15, 0.2) is 24.3 Å². The summed E-state index contributed by atoms with van der Waals surface area (Å²) >= 11 is 0. The summed E-state index contributed by atoms with van der Waals surface area (Å²) in [5.74, 6) is -3.43. The lowest BCUT2D eigenvalue weighted by Crippen LogP contribution is -2.54. The molecular weight excluding hydrogens is 356 g/mol. The van der Waals surface area contributed by atoms with Gasteiger partial charge in [0.25, 0.3) is 0 Å². The van der Waals surface area contributed by atoms with Crippen LogP contribution in [-0.4, -0.2) is 56.6 Å². The van der Waals surface area contributed by atoms with E-state index in [-0.39, 0.29) is 13.0 Å². The SMILES string of the molecule is COC(=O)COc1ccc(CC(C(=O)OC)C(O)(C(=O)OC)C(C)C)cc1. The number of hydrogen-bond acceptors (Lipinski definition) is 8. The van der Waals surface area contributed by atoms with E-state index in [4.69, 9.17) is 14.2 Å². The fourth-order valence-electron chi connectivity index (χ4n) is 2.66. The number of rotatable bonds is 9. The molecule has 0 bridgehead atoms. The Bertz CT molecular complexity index is 652. The van der Waals surface area contributed by atoms with E-state index < -0.39 is 35.3 Å². The van der Waals surface area contributed by atoms with E-state index >= 15 is 0 Å². The Balaban J connectivity index is 3.05. The fourth-order valence-corrected chi connectivity index (χ4v) is 2.66. The summed E-state index contributed by atoms with van der Waals surface area (Å²) < 4.78 is 19.3. The molecule has 0 amide bonds. The van der Waals surface area contributed by atoms with E-state index in [0.717, 1.165) is 7.11 Å². The zero-order valence-corrected chi connectivity index (χ0v) is 16.2. The van der Waals surface area contributed by atoms with E-state index in [1.165, 1.54) is 14.2 Å². The van der Waals surface area contributed by atoms with Gasteiger partial charge in [-0.15, -0.1) is 0 Å². The van der Waals surface area contributed by atoms with Crippen molar-refractivity contribution in [1.82, 2.24) is 0 Å². The number of carbonyl (C=O) groups excluding carboxylic acids is 3. The summed E-state index contributed by atoms with van der Waals surface area (Å²) in [6.45, 7) is 3.02. The second-order valence-corrected chi connectivity index (χ2v) is 6.26. The molecule has 0 aliphatic carbocycles. The zero-order valence-electron chi connectivity index (χ0n) is 16.2. The van der Waals surface area contributed by atoms with Gasteiger partial charge in [0.05, 0.1) is 21.3 Å². The van der Waals surface area contributed by atoms with Crippen LogP contribution in [0, 0.1) is 11.8 Å². The van der Waals surface area contributed by atoms with E-state index in [9.17, 15) is 19.5 Å². The minimum absolute atomic E-state index is 0.0493. The lowest BCUT2D eigenvalue weighted by Gasteiger charge is -2.35. The minimum Gasteiger partial charge on any atom is -0.482 e. The highest BCUT2D eigenvalue weighted by molar-refractivity contribution is 5.88. The number of benzene rings is 1. The average molecular weight is 382 g/mol. The Hall–Kier alpha value is -2.61. The van der Waals surface area contributed by atoms with Gasteiger partial charge in [-0.25, -0.2) is 9.59 Å². The topological polar surface area (TPSA) is 108 Å². The first-order valence-electron chi connectivity index (χ1n) is 8.37. The first-order valence-corrected chi connectivity index (χ1v) is 8.37. The molecule has 1 N–H and O–H groups in total. The Morgan fingerprint density at radius 1 is 1.00 bits per heavy atom. The van der Waals surface area contributed by atoms with Crippen LogP contribution in [0.3, 0.4) is 0 Å². The highest BCUT2D eigenvalue weighted by Crippen LogP contribution is 2.32. The van der Waals surface area contributed by atoms with Crippen molar-refractivity contribution in [2.45, 2.75) is 25.9 Å². The first kappa shape index (κ1) is 22.4. The molecule has 0 spiro atoms. The number of methoxy groups -OCH3 is 3. The quantitative estimate of drug-likeness (QED) is 0.500. The number of ether oxygens (including phenoxy) is 4. The highest BCUT2D eigenvalue weighted by Gasteiger charge is 2.51. The maximum Gasteiger partial charge on any atom is 0.343 e. The monoisotopic (exact) mass is 382 g/mol. The van der Waals surface area contributed by atoms with Gasteiger partial charge in [0, 0.05) is 0 Å². The van der Waals surface area contributed by atoms with Crippen molar-refractivity contribution >= 4 is 17.9 Å². The van der Waals surface area contributed by atoms with Gasteiger partial charge < -0.3 is 24.1 Å². The van der Waals surface area contributed by atoms with E-state index in [1.54, 1.807) is 38.1 Å². The van der Waals surface area contributed by atoms with Crippen molar-refractivity contribution in [3.8, 4) is 5.75 Å². The molecule has 1 rings (SSSR count). The van der Waals surface area contributed by atoms with Gasteiger partial charge in [0.2, 0.25) is 0 Å². The molecule has 0 heterocycles. The lowest BCUT2D eigenvalue weighted by atomic mass is 9.75. The number of carbonyl (C=O) groups is 3. The standard InChI is InChI=1S/C19H26O8/c1-12(2)19(23,18(22)26-5)15(17(21)25-4)10-13-6-8-14(9-7-13)27-11-16(20)24-3/h6-9,12,15,23H,10-11H2,1-5H3. The summed E-state index contributed by atoms with van der Waals surface area (Å²) in [4.78, 5) is 35.6. The first-order chi connectivity index (χ1) is 12.7. The molecule has 1 aromatic carbocycles. The zero-order chi connectivity index (χ0) is 20.6. The van der Waals surface area contributed by atoms with Crippen molar-refractivity contribution < 1.29 is 38.4 Å². The third-order valence-electron chi connectivity index (χ3n) is 4.36. The van der Waals surface area contributed by atoms with Crippen LogP contribution in [0.25, 0.3) is 0 Å². The molecule has 27 heavy (non-hydrogen) atoms. The van der Waals surface area contributed by atoms with E-state index in [2.05, 4.69) is 4.74 Å². The van der Waals surface area contributed by atoms with Crippen LogP contribution < -0.4 is 4.74 Å². The Morgan fingerprint density at radius 2 is 1.59 bits per heavy atom. The third-order valence-corrected chi connectivity index (χ3v) is 4.36. The van der Waals surface area contributed by atoms with Crippen molar-refractivity contribution in [2.75, 3.05) is 27.9 Å². The molecule has 8 nitrogen and oxygen atoms in total. The number of esters is 3. The van der Waals surface area contributed by atoms with Gasteiger partial charge in [0.1, 0.15) is 11.7 Å². The minimum atomic E-state index is -2.04. The van der Waals surface area contributed by atoms with E-state index in [0.29, 0.717) is 11.3 Å². The molecule has 1 aromatic rings. The van der Waals surface area contributed by atoms with Crippen LogP contribution in [0.2, 0.25) is 0 Å². The van der Waals surface area contributed by atoms with E-state index in [1.807, 2.05) is 0 Å². The van der Waals surface area contributed by atoms with Crippen molar-refractivity contribution in [2.24, 2.45) is 11.8 Å². The number of hydrogen-bond donors (Lipinski definition) is 1. The second kappa shape index (κ2) is 9.91. The third kappa shape index (κ3) is 5.43. The predicted octanol–water partition coefficient (Wildman–Crippen LogP) is 1.13. The summed E-state index contributed by atoms with van der Waals surface area (Å²) in [5, 5.41) is 11.0. The Labute approximate surface area is 158 Å². The van der Waals surface area contributed by atoms with Gasteiger partial charge >= 0.3 is 17.9 Å². The van der Waals surface area contributed by atoms with Crippen molar-refractivity contribution in [1.29, 1.82) is 0 Å². The van der Waals surface area contributed by atoms with Crippen molar-refractivity contribution in [3.63, 3.8) is 0 Å². The molecule has 0 aromatic heterocycles. The molecular formula is C19H26O8. The van der Waals surface area contributed by atoms with Crippen LogP contribution >= 0.6 is 0 Å². The average Bonchev–Trinajstić information content (AvgIpc) is 2.68. The van der Waals surface area contributed by atoms with Crippen LogP contribution in [-0.2, 0) is 35.0 Å². The highest BCUT2D eigenvalue weighted by atomic mass is 16.6. The van der Waals surface area contributed by atoms with Gasteiger partial charge in [-0.05, 0) is 30.0 Å². The molecule has 0 aliphatic heterocycles. The van der Waals surface area contributed by atoms with Crippen molar-refractivity contribution in [3.05, 3.63) is 29.8 Å². The maximum atomic E-state index is 12.3. The fraction of sp³-hybridized carbons (Fsp3) is 0.526.